The minimum absolute atomic E-state index is 0.193. The van der Waals surface area contributed by atoms with Gasteiger partial charge in [0.05, 0.1) is 19.9 Å². The zero-order valence-corrected chi connectivity index (χ0v) is 20.5. The lowest BCUT2D eigenvalue weighted by molar-refractivity contribution is -0.126. The van der Waals surface area contributed by atoms with Crippen molar-refractivity contribution in [3.05, 3.63) is 89.8 Å². The van der Waals surface area contributed by atoms with Gasteiger partial charge >= 0.3 is 0 Å². The van der Waals surface area contributed by atoms with E-state index in [1.807, 2.05) is 48.5 Å². The predicted molar refractivity (Wildman–Crippen MR) is 136 cm³/mol. The molecule has 0 saturated heterocycles. The molecule has 1 aliphatic heterocycles. The molecule has 36 heavy (non-hydrogen) atoms. The maximum atomic E-state index is 13.9. The molecule has 1 atom stereocenters. The van der Waals surface area contributed by atoms with E-state index in [1.165, 1.54) is 0 Å². The smallest absolute Gasteiger partial charge is 0.277 e. The quantitative estimate of drug-likeness (QED) is 0.419. The van der Waals surface area contributed by atoms with Crippen molar-refractivity contribution in [2.75, 3.05) is 12.0 Å². The summed E-state index contributed by atoms with van der Waals surface area (Å²) in [5.74, 6) is 0.745. The second-order valence-electron chi connectivity index (χ2n) is 9.01. The molecule has 4 aromatic rings. The SMILES string of the molecule is CCc1ccc(N2C(=O)c3cc(-c4ccco4)nn3C[C@@]2(C)C(=O)NCc2ccc(OC)cc2)cc1. The summed E-state index contributed by atoms with van der Waals surface area (Å²) in [6.07, 6.45) is 2.45. The molecule has 2 aromatic heterocycles. The number of furan rings is 1. The van der Waals surface area contributed by atoms with Gasteiger partial charge in [-0.1, -0.05) is 31.2 Å². The van der Waals surface area contributed by atoms with E-state index in [9.17, 15) is 9.59 Å². The molecule has 0 saturated carbocycles. The highest BCUT2D eigenvalue weighted by Crippen LogP contribution is 2.34. The fourth-order valence-electron chi connectivity index (χ4n) is 4.53. The van der Waals surface area contributed by atoms with E-state index in [-0.39, 0.29) is 18.4 Å². The molecule has 2 aromatic carbocycles. The molecule has 0 aliphatic carbocycles. The Hall–Kier alpha value is -4.33. The Bertz CT molecular complexity index is 1370. The maximum Gasteiger partial charge on any atom is 0.277 e. The van der Waals surface area contributed by atoms with Crippen LogP contribution in [0.1, 0.15) is 35.5 Å². The van der Waals surface area contributed by atoms with E-state index >= 15 is 0 Å². The summed E-state index contributed by atoms with van der Waals surface area (Å²) in [6, 6.07) is 20.5. The van der Waals surface area contributed by atoms with Gasteiger partial charge in [0.2, 0.25) is 5.91 Å². The van der Waals surface area contributed by atoms with Crippen LogP contribution in [0.4, 0.5) is 5.69 Å². The van der Waals surface area contributed by atoms with Crippen molar-refractivity contribution in [3.63, 3.8) is 0 Å². The number of ether oxygens (including phenoxy) is 1. The summed E-state index contributed by atoms with van der Waals surface area (Å²) < 4.78 is 12.3. The molecule has 8 heteroatoms. The van der Waals surface area contributed by atoms with Crippen molar-refractivity contribution in [2.24, 2.45) is 0 Å². The van der Waals surface area contributed by atoms with Crippen molar-refractivity contribution >= 4 is 17.5 Å². The van der Waals surface area contributed by atoms with Crippen molar-refractivity contribution in [1.82, 2.24) is 15.1 Å². The van der Waals surface area contributed by atoms with Crippen LogP contribution in [0.25, 0.3) is 11.5 Å². The number of aryl methyl sites for hydroxylation is 1. The van der Waals surface area contributed by atoms with Gasteiger partial charge in [-0.25, -0.2) is 0 Å². The highest BCUT2D eigenvalue weighted by atomic mass is 16.5. The Balaban J connectivity index is 1.50. The topological polar surface area (TPSA) is 89.6 Å². The van der Waals surface area contributed by atoms with E-state index in [0.717, 1.165) is 23.3 Å². The van der Waals surface area contributed by atoms with E-state index in [2.05, 4.69) is 17.3 Å². The standard InChI is InChI=1S/C28H28N4O4/c1-4-19-7-11-21(12-8-19)32-26(33)24-16-23(25-6-5-15-36-25)30-31(24)18-28(32,2)27(34)29-17-20-9-13-22(35-3)14-10-20/h5-16H,4,17-18H2,1-3H3,(H,29,34)/t28-/m0/s1. The molecule has 3 heterocycles. The number of nitrogens with zero attached hydrogens (tertiary/aromatic N) is 3. The third-order valence-corrected chi connectivity index (χ3v) is 6.63. The average molecular weight is 485 g/mol. The number of amides is 2. The summed E-state index contributed by atoms with van der Waals surface area (Å²) in [5.41, 5.74) is 2.48. The Kier molecular flexibility index (Phi) is 6.10. The number of nitrogens with one attached hydrogen (secondary N) is 1. The maximum absolute atomic E-state index is 13.9. The highest BCUT2D eigenvalue weighted by Gasteiger charge is 2.49. The van der Waals surface area contributed by atoms with E-state index < -0.39 is 5.54 Å². The molecule has 0 fully saturated rings. The largest absolute Gasteiger partial charge is 0.497 e. The van der Waals surface area contributed by atoms with Crippen LogP contribution >= 0.6 is 0 Å². The second kappa shape index (κ2) is 9.37. The lowest BCUT2D eigenvalue weighted by Crippen LogP contribution is -2.64. The Morgan fingerprint density at radius 2 is 1.83 bits per heavy atom. The number of benzene rings is 2. The number of fused-ring (bicyclic) bond motifs is 1. The van der Waals surface area contributed by atoms with Gasteiger partial charge in [0.25, 0.3) is 5.91 Å². The molecular weight excluding hydrogens is 456 g/mol. The van der Waals surface area contributed by atoms with E-state index in [4.69, 9.17) is 9.15 Å². The first-order valence-corrected chi connectivity index (χ1v) is 11.9. The fourth-order valence-corrected chi connectivity index (χ4v) is 4.53. The molecule has 0 unspecified atom stereocenters. The number of anilines is 1. The second-order valence-corrected chi connectivity index (χ2v) is 9.01. The van der Waals surface area contributed by atoms with Crippen molar-refractivity contribution in [3.8, 4) is 17.2 Å². The zero-order chi connectivity index (χ0) is 25.3. The first-order valence-electron chi connectivity index (χ1n) is 11.9. The molecule has 5 rings (SSSR count). The zero-order valence-electron chi connectivity index (χ0n) is 20.5. The molecule has 1 N–H and O–H groups in total. The average Bonchev–Trinajstić information content (AvgIpc) is 3.58. The summed E-state index contributed by atoms with van der Waals surface area (Å²) in [5, 5.41) is 7.62. The number of methoxy groups -OCH3 is 1. The number of hydrogen-bond acceptors (Lipinski definition) is 5. The summed E-state index contributed by atoms with van der Waals surface area (Å²) in [6.45, 7) is 4.36. The summed E-state index contributed by atoms with van der Waals surface area (Å²) >= 11 is 0. The minimum atomic E-state index is -1.21. The summed E-state index contributed by atoms with van der Waals surface area (Å²) in [7, 11) is 1.61. The van der Waals surface area contributed by atoms with Crippen molar-refractivity contribution in [1.29, 1.82) is 0 Å². The van der Waals surface area contributed by atoms with Gasteiger partial charge in [0.1, 0.15) is 22.7 Å². The lowest BCUT2D eigenvalue weighted by Gasteiger charge is -2.43. The number of rotatable bonds is 7. The summed E-state index contributed by atoms with van der Waals surface area (Å²) in [4.78, 5) is 29.2. The monoisotopic (exact) mass is 484 g/mol. The third-order valence-electron chi connectivity index (χ3n) is 6.63. The first-order chi connectivity index (χ1) is 17.4. The van der Waals surface area contributed by atoms with Crippen molar-refractivity contribution in [2.45, 2.75) is 38.9 Å². The van der Waals surface area contributed by atoms with Crippen LogP contribution < -0.4 is 15.0 Å². The molecule has 8 nitrogen and oxygen atoms in total. The van der Waals surface area contributed by atoms with Gasteiger partial charge in [-0.05, 0) is 60.9 Å². The van der Waals surface area contributed by atoms with Gasteiger partial charge in [-0.2, -0.15) is 5.10 Å². The fraction of sp³-hybridized carbons (Fsp3) is 0.250. The Morgan fingerprint density at radius 3 is 2.47 bits per heavy atom. The molecule has 2 amide bonds. The normalized spacial score (nSPS) is 17.1. The van der Waals surface area contributed by atoms with Gasteiger partial charge in [0, 0.05) is 18.3 Å². The van der Waals surface area contributed by atoms with Crippen LogP contribution in [-0.4, -0.2) is 34.2 Å². The molecule has 184 valence electrons. The highest BCUT2D eigenvalue weighted by molar-refractivity contribution is 6.12. The number of aromatic nitrogens is 2. The molecule has 0 radical (unpaired) electrons. The van der Waals surface area contributed by atoms with Gasteiger partial charge in [-0.3, -0.25) is 19.2 Å². The van der Waals surface area contributed by atoms with Crippen molar-refractivity contribution < 1.29 is 18.7 Å². The molecule has 0 spiro atoms. The molecule has 0 bridgehead atoms. The van der Waals surface area contributed by atoms with Crippen LogP contribution in [-0.2, 0) is 24.3 Å². The number of carbonyl (C=O) groups is 2. The van der Waals surface area contributed by atoms with Gasteiger partial charge in [0.15, 0.2) is 5.76 Å². The number of carbonyl (C=O) groups excluding carboxylic acids is 2. The Morgan fingerprint density at radius 1 is 1.11 bits per heavy atom. The van der Waals surface area contributed by atoms with Crippen LogP contribution in [0.3, 0.4) is 0 Å². The van der Waals surface area contributed by atoms with Crippen LogP contribution in [0.15, 0.2) is 77.4 Å². The van der Waals surface area contributed by atoms with Gasteiger partial charge < -0.3 is 14.5 Å². The van der Waals surface area contributed by atoms with Crippen LogP contribution in [0.2, 0.25) is 0 Å². The third kappa shape index (κ3) is 4.15. The predicted octanol–water partition coefficient (Wildman–Crippen LogP) is 4.45. The lowest BCUT2D eigenvalue weighted by atomic mass is 9.93. The Labute approximate surface area is 209 Å². The number of hydrogen-bond donors (Lipinski definition) is 1. The van der Waals surface area contributed by atoms with Crippen LogP contribution in [0.5, 0.6) is 5.75 Å². The van der Waals surface area contributed by atoms with Crippen LogP contribution in [0, 0.1) is 0 Å². The van der Waals surface area contributed by atoms with E-state index in [1.54, 1.807) is 48.1 Å². The van der Waals surface area contributed by atoms with E-state index in [0.29, 0.717) is 29.4 Å². The molecular formula is C28H28N4O4. The van der Waals surface area contributed by atoms with Gasteiger partial charge in [-0.15, -0.1) is 0 Å². The minimum Gasteiger partial charge on any atom is -0.497 e. The molecule has 1 aliphatic rings. The first kappa shape index (κ1) is 23.4.